The molecule has 2 aromatic carbocycles. The van der Waals surface area contributed by atoms with Crippen molar-refractivity contribution in [2.24, 2.45) is 0 Å². The van der Waals surface area contributed by atoms with Gasteiger partial charge >= 0.3 is 0 Å². The first kappa shape index (κ1) is 29.1. The van der Waals surface area contributed by atoms with Gasteiger partial charge in [-0.1, -0.05) is 15.3 Å². The number of rotatable bonds is 9. The zero-order valence-electron chi connectivity index (χ0n) is 21.0. The van der Waals surface area contributed by atoms with Gasteiger partial charge in [0.1, 0.15) is 11.4 Å². The molecule has 3 N–H and O–H groups in total. The lowest BCUT2D eigenvalue weighted by molar-refractivity contribution is 0.153. The van der Waals surface area contributed by atoms with Crippen LogP contribution in [0.3, 0.4) is 0 Å². The molecule has 3 aromatic heterocycles. The highest BCUT2D eigenvalue weighted by Gasteiger charge is 2.21. The zero-order chi connectivity index (χ0) is 30.3. The molecule has 0 atom stereocenters. The minimum atomic E-state index is -4.39. The molecule has 3 heterocycles. The lowest BCUT2D eigenvalue weighted by atomic mass is 10.2. The van der Waals surface area contributed by atoms with Gasteiger partial charge in [0.05, 0.1) is 57.0 Å². The van der Waals surface area contributed by atoms with Crippen LogP contribution in [0.15, 0.2) is 87.7 Å². The number of sulfonamides is 1. The van der Waals surface area contributed by atoms with Crippen LogP contribution in [0.1, 0.15) is 0 Å². The van der Waals surface area contributed by atoms with Crippen LogP contribution in [0.4, 0.5) is 0 Å². The molecule has 17 nitrogen and oxygen atoms in total. The van der Waals surface area contributed by atoms with E-state index in [-0.39, 0.29) is 37.5 Å². The fraction of sp³-hybridized carbons (Fsp3) is 0.0455. The maximum absolute atomic E-state index is 12.8. The molecule has 0 aliphatic heterocycles. The van der Waals surface area contributed by atoms with Crippen molar-refractivity contribution in [3.05, 3.63) is 73.1 Å². The van der Waals surface area contributed by atoms with E-state index in [1.54, 1.807) is 0 Å². The van der Waals surface area contributed by atoms with Gasteiger partial charge in [-0.3, -0.25) is 13.9 Å². The first-order valence-corrected chi connectivity index (χ1v) is 15.7. The third kappa shape index (κ3) is 6.08. The summed E-state index contributed by atoms with van der Waals surface area (Å²) in [5.74, 6) is 0. The molecule has 0 radical (unpaired) electrons. The van der Waals surface area contributed by atoms with Gasteiger partial charge in [0.15, 0.2) is 0 Å². The van der Waals surface area contributed by atoms with Crippen LogP contribution in [-0.2, 0) is 35.1 Å². The molecule has 0 aliphatic carbocycles. The molecular weight excluding hydrogens is 616 g/mol. The van der Waals surface area contributed by atoms with Crippen molar-refractivity contribution in [3.63, 3.8) is 0 Å². The summed E-state index contributed by atoms with van der Waals surface area (Å²) in [7, 11) is -11.8. The summed E-state index contributed by atoms with van der Waals surface area (Å²) < 4.78 is 91.8. The number of pyridine rings is 1. The van der Waals surface area contributed by atoms with Gasteiger partial charge in [-0.05, 0) is 60.7 Å². The highest BCUT2D eigenvalue weighted by molar-refractivity contribution is 7.89. The van der Waals surface area contributed by atoms with E-state index in [1.165, 1.54) is 82.4 Å². The number of nitrogens with zero attached hydrogens (tertiary/aromatic N) is 7. The first-order valence-electron chi connectivity index (χ1n) is 11.3. The molecule has 0 saturated heterocycles. The predicted molar refractivity (Wildman–Crippen MR) is 142 cm³/mol. The first-order chi connectivity index (χ1) is 19.7. The van der Waals surface area contributed by atoms with E-state index in [2.05, 4.69) is 30.4 Å². The minimum Gasteiger partial charge on any atom is -0.290 e. The van der Waals surface area contributed by atoms with Crippen LogP contribution in [0, 0.1) is 0 Å². The molecule has 5 rings (SSSR count). The fourth-order valence-electron chi connectivity index (χ4n) is 3.64. The summed E-state index contributed by atoms with van der Waals surface area (Å²) >= 11 is 0. The van der Waals surface area contributed by atoms with Gasteiger partial charge in [-0.15, -0.1) is 10.2 Å². The van der Waals surface area contributed by atoms with Crippen LogP contribution < -0.4 is 4.89 Å². The standard InChI is InChI=1S/C22H18N8O9S3/c1-39-28-40(31,32)18-10-19(21-12-29(26-24-21)14-2-6-16(7-3-14)41(33,34)35)23-20(11-18)22-13-30(27-25-22)15-4-8-17(9-5-15)42(36,37)38/h2-13,28H,1H3,(H,33,34,35)(H,36,37,38). The van der Waals surface area contributed by atoms with E-state index in [0.717, 1.165) is 7.11 Å². The lowest BCUT2D eigenvalue weighted by Crippen LogP contribution is -2.22. The summed E-state index contributed by atoms with van der Waals surface area (Å²) in [6.45, 7) is 0. The Labute approximate surface area is 237 Å². The maximum Gasteiger partial charge on any atom is 0.294 e. The Balaban J connectivity index is 1.54. The Morgan fingerprint density at radius 1 is 0.643 bits per heavy atom. The van der Waals surface area contributed by atoms with E-state index in [0.29, 0.717) is 11.4 Å². The third-order valence-electron chi connectivity index (χ3n) is 5.61. The topological polar surface area (TPSA) is 238 Å². The minimum absolute atomic E-state index is 0.0665. The molecule has 0 spiro atoms. The molecule has 0 unspecified atom stereocenters. The van der Waals surface area contributed by atoms with Gasteiger partial charge in [-0.2, -0.15) is 16.8 Å². The Bertz CT molecular complexity index is 1980. The van der Waals surface area contributed by atoms with Crippen LogP contribution >= 0.6 is 0 Å². The summed E-state index contributed by atoms with van der Waals surface area (Å²) in [5.41, 5.74) is 1.17. The van der Waals surface area contributed by atoms with Crippen molar-refractivity contribution < 1.29 is 39.2 Å². The number of benzene rings is 2. The van der Waals surface area contributed by atoms with Gasteiger partial charge in [0.2, 0.25) is 0 Å². The third-order valence-corrected chi connectivity index (χ3v) is 8.59. The van der Waals surface area contributed by atoms with Crippen LogP contribution in [0.5, 0.6) is 0 Å². The Kier molecular flexibility index (Phi) is 7.44. The van der Waals surface area contributed by atoms with E-state index >= 15 is 0 Å². The van der Waals surface area contributed by atoms with E-state index in [4.69, 9.17) is 0 Å². The van der Waals surface area contributed by atoms with Crippen molar-refractivity contribution in [2.75, 3.05) is 7.11 Å². The van der Waals surface area contributed by atoms with Crippen LogP contribution in [-0.4, -0.2) is 76.4 Å². The normalized spacial score (nSPS) is 12.5. The van der Waals surface area contributed by atoms with Gasteiger partial charge in [0, 0.05) is 0 Å². The van der Waals surface area contributed by atoms with Crippen LogP contribution in [0.2, 0.25) is 0 Å². The Hall–Kier alpha value is -4.44. The van der Waals surface area contributed by atoms with E-state index < -0.39 is 30.3 Å². The lowest BCUT2D eigenvalue weighted by Gasteiger charge is -2.07. The van der Waals surface area contributed by atoms with Gasteiger partial charge in [-0.25, -0.2) is 22.8 Å². The Morgan fingerprint density at radius 3 is 1.40 bits per heavy atom. The quantitative estimate of drug-likeness (QED) is 0.151. The summed E-state index contributed by atoms with van der Waals surface area (Å²) in [5, 5.41) is 16.1. The monoisotopic (exact) mass is 634 g/mol. The number of nitrogens with one attached hydrogen (secondary N) is 1. The zero-order valence-corrected chi connectivity index (χ0v) is 23.5. The second-order valence-corrected chi connectivity index (χ2v) is 12.9. The summed E-state index contributed by atoms with van der Waals surface area (Å²) in [6, 6.07) is 12.6. The fourth-order valence-corrected chi connectivity index (χ4v) is 5.45. The van der Waals surface area contributed by atoms with E-state index in [9.17, 15) is 34.4 Å². The van der Waals surface area contributed by atoms with Crippen molar-refractivity contribution in [2.45, 2.75) is 14.7 Å². The SMILES string of the molecule is CONS(=O)(=O)c1cc(-c2cn(-c3ccc(S(=O)(=O)O)cc3)nn2)nc(-c2cn(-c3ccc(S(=O)(=O)O)cc3)nn2)c1. The summed E-state index contributed by atoms with van der Waals surface area (Å²) in [4.78, 5) is 10.1. The van der Waals surface area contributed by atoms with Crippen molar-refractivity contribution in [1.29, 1.82) is 0 Å². The average molecular weight is 635 g/mol. The molecule has 0 aliphatic rings. The van der Waals surface area contributed by atoms with Crippen LogP contribution in [0.25, 0.3) is 34.2 Å². The van der Waals surface area contributed by atoms with Crippen molar-refractivity contribution >= 4 is 30.3 Å². The average Bonchev–Trinajstić information content (AvgIpc) is 3.63. The number of hydrogen-bond donors (Lipinski definition) is 3. The van der Waals surface area contributed by atoms with Crippen molar-refractivity contribution in [3.8, 4) is 34.2 Å². The van der Waals surface area contributed by atoms with E-state index in [1.807, 2.05) is 4.89 Å². The number of hydrogen-bond acceptors (Lipinski definition) is 12. The molecule has 5 aromatic rings. The van der Waals surface area contributed by atoms with Crippen molar-refractivity contribution in [1.82, 2.24) is 39.9 Å². The molecule has 20 heteroatoms. The summed E-state index contributed by atoms with van der Waals surface area (Å²) in [6.07, 6.45) is 2.84. The smallest absolute Gasteiger partial charge is 0.290 e. The molecule has 42 heavy (non-hydrogen) atoms. The molecular formula is C22H18N8O9S3. The number of aromatic nitrogens is 7. The molecule has 0 saturated carbocycles. The maximum atomic E-state index is 12.8. The predicted octanol–water partition coefficient (Wildman–Crippen LogP) is 0.910. The molecule has 0 bridgehead atoms. The molecule has 0 fully saturated rings. The second-order valence-electron chi connectivity index (χ2n) is 8.40. The highest BCUT2D eigenvalue weighted by Crippen LogP contribution is 2.26. The largest absolute Gasteiger partial charge is 0.294 e. The molecule has 218 valence electrons. The molecule has 0 amide bonds. The van der Waals surface area contributed by atoms with Gasteiger partial charge in [0.25, 0.3) is 30.3 Å². The second kappa shape index (κ2) is 10.8. The Morgan fingerprint density at radius 2 is 1.05 bits per heavy atom. The van der Waals surface area contributed by atoms with Gasteiger partial charge < -0.3 is 0 Å². The highest BCUT2D eigenvalue weighted by atomic mass is 32.2.